The Morgan fingerprint density at radius 2 is 1.69 bits per heavy atom. The second-order valence-corrected chi connectivity index (χ2v) is 7.69. The minimum Gasteiger partial charge on any atom is -0.487 e. The fourth-order valence-corrected chi connectivity index (χ4v) is 3.22. The molecule has 0 fully saturated rings. The van der Waals surface area contributed by atoms with Gasteiger partial charge < -0.3 is 10.1 Å². The Kier molecular flexibility index (Phi) is 8.25. The molecule has 0 saturated carbocycles. The van der Waals surface area contributed by atoms with Crippen LogP contribution in [0.5, 0.6) is 5.75 Å². The lowest BCUT2D eigenvalue weighted by Crippen LogP contribution is -2.39. The van der Waals surface area contributed by atoms with E-state index in [-0.39, 0.29) is 12.6 Å². The highest BCUT2D eigenvalue weighted by Gasteiger charge is 2.16. The molecule has 8 heteroatoms. The van der Waals surface area contributed by atoms with E-state index in [2.05, 4.69) is 15.8 Å². The molecule has 1 atom stereocenters. The number of amides is 2. The number of hydrazone groups is 1. The quantitative estimate of drug-likeness (QED) is 0.293. The maximum absolute atomic E-state index is 12.0. The maximum atomic E-state index is 12.0. The molecule has 0 radical (unpaired) electrons. The number of nitrogens with one attached hydrogen (secondary N) is 2. The van der Waals surface area contributed by atoms with Gasteiger partial charge in [0.1, 0.15) is 12.4 Å². The third kappa shape index (κ3) is 6.57. The highest BCUT2D eigenvalue weighted by atomic mass is 35.5. The van der Waals surface area contributed by atoms with Crippen LogP contribution >= 0.6 is 23.2 Å². The minimum absolute atomic E-state index is 0.277. The molecule has 2 amide bonds. The summed E-state index contributed by atoms with van der Waals surface area (Å²) in [6.07, 6.45) is 1.38. The van der Waals surface area contributed by atoms with E-state index in [9.17, 15) is 9.59 Å². The first kappa shape index (κ1) is 23.3. The Morgan fingerprint density at radius 3 is 2.41 bits per heavy atom. The summed E-state index contributed by atoms with van der Waals surface area (Å²) in [5, 5.41) is 7.43. The van der Waals surface area contributed by atoms with Crippen molar-refractivity contribution < 1.29 is 14.3 Å². The summed E-state index contributed by atoms with van der Waals surface area (Å²) in [6, 6.07) is 21.5. The lowest BCUT2D eigenvalue weighted by molar-refractivity contribution is -0.139. The van der Waals surface area contributed by atoms with Gasteiger partial charge >= 0.3 is 11.8 Å². The number of carbonyl (C=O) groups excluding carboxylic acids is 2. The number of rotatable bonds is 7. The van der Waals surface area contributed by atoms with E-state index in [0.29, 0.717) is 21.4 Å². The molecular weight excluding hydrogens is 449 g/mol. The molecule has 3 aromatic rings. The zero-order valence-corrected chi connectivity index (χ0v) is 18.7. The summed E-state index contributed by atoms with van der Waals surface area (Å²) < 4.78 is 5.72. The van der Waals surface area contributed by atoms with E-state index < -0.39 is 11.8 Å². The lowest BCUT2D eigenvalue weighted by atomic mass is 10.1. The van der Waals surface area contributed by atoms with Gasteiger partial charge in [0.2, 0.25) is 0 Å². The Morgan fingerprint density at radius 1 is 0.969 bits per heavy atom. The zero-order chi connectivity index (χ0) is 22.9. The molecule has 0 heterocycles. The van der Waals surface area contributed by atoms with Gasteiger partial charge in [0.25, 0.3) is 0 Å². The fourth-order valence-electron chi connectivity index (χ4n) is 2.79. The van der Waals surface area contributed by atoms with Crippen LogP contribution in [0, 0.1) is 0 Å². The molecule has 0 bridgehead atoms. The summed E-state index contributed by atoms with van der Waals surface area (Å²) in [5.41, 5.74) is 4.57. The molecule has 0 saturated heterocycles. The summed E-state index contributed by atoms with van der Waals surface area (Å²) in [5.74, 6) is -1.16. The molecule has 164 valence electrons. The van der Waals surface area contributed by atoms with Crippen molar-refractivity contribution in [3.8, 4) is 5.75 Å². The number of halogens is 2. The lowest BCUT2D eigenvalue weighted by Gasteiger charge is -2.13. The van der Waals surface area contributed by atoms with Crippen LogP contribution in [-0.2, 0) is 16.2 Å². The number of nitrogens with zero attached hydrogens (tertiary/aromatic N) is 1. The fraction of sp³-hybridized carbons (Fsp3) is 0.125. The van der Waals surface area contributed by atoms with Crippen molar-refractivity contribution in [2.75, 3.05) is 0 Å². The second kappa shape index (κ2) is 11.3. The van der Waals surface area contributed by atoms with Crippen LogP contribution in [0.4, 0.5) is 0 Å². The molecule has 6 nitrogen and oxygen atoms in total. The molecule has 0 aliphatic heterocycles. The van der Waals surface area contributed by atoms with Crippen molar-refractivity contribution in [2.45, 2.75) is 19.6 Å². The molecule has 2 N–H and O–H groups in total. The molecule has 0 unspecified atom stereocenters. The zero-order valence-electron chi connectivity index (χ0n) is 17.2. The Hall–Kier alpha value is -3.35. The summed E-state index contributed by atoms with van der Waals surface area (Å²) in [7, 11) is 0. The van der Waals surface area contributed by atoms with E-state index in [1.165, 1.54) is 6.21 Å². The van der Waals surface area contributed by atoms with Gasteiger partial charge in [-0.3, -0.25) is 9.59 Å². The molecule has 32 heavy (non-hydrogen) atoms. The molecule has 0 aliphatic rings. The van der Waals surface area contributed by atoms with Crippen LogP contribution in [-0.4, -0.2) is 18.0 Å². The van der Waals surface area contributed by atoms with Gasteiger partial charge in [-0.15, -0.1) is 0 Å². The van der Waals surface area contributed by atoms with Gasteiger partial charge in [0.05, 0.1) is 17.3 Å². The number of hydrogen-bond donors (Lipinski definition) is 2. The molecule has 0 spiro atoms. The van der Waals surface area contributed by atoms with Crippen LogP contribution in [0.3, 0.4) is 0 Å². The van der Waals surface area contributed by atoms with Crippen molar-refractivity contribution >= 4 is 41.2 Å². The van der Waals surface area contributed by atoms with Crippen LogP contribution < -0.4 is 15.5 Å². The topological polar surface area (TPSA) is 79.8 Å². The van der Waals surface area contributed by atoms with E-state index >= 15 is 0 Å². The van der Waals surface area contributed by atoms with Gasteiger partial charge in [-0.05, 0) is 42.3 Å². The maximum Gasteiger partial charge on any atom is 0.329 e. The Labute approximate surface area is 196 Å². The smallest absolute Gasteiger partial charge is 0.329 e. The van der Waals surface area contributed by atoms with E-state index in [4.69, 9.17) is 27.9 Å². The van der Waals surface area contributed by atoms with Crippen LogP contribution in [0.1, 0.15) is 29.7 Å². The SMILES string of the molecule is C[C@@H](NC(=O)C(=O)N/N=C\c1ccc(OCc2ccccc2Cl)c(Cl)c1)c1ccccc1. The summed E-state index contributed by atoms with van der Waals surface area (Å²) >= 11 is 12.4. The normalized spacial score (nSPS) is 11.7. The van der Waals surface area contributed by atoms with Crippen molar-refractivity contribution in [2.24, 2.45) is 5.10 Å². The largest absolute Gasteiger partial charge is 0.487 e. The minimum atomic E-state index is -0.866. The molecule has 3 rings (SSSR count). The number of ether oxygens (including phenoxy) is 1. The average molecular weight is 470 g/mol. The first-order valence-electron chi connectivity index (χ1n) is 9.78. The van der Waals surface area contributed by atoms with Gasteiger partial charge in [-0.25, -0.2) is 5.43 Å². The van der Waals surface area contributed by atoms with Crippen molar-refractivity contribution in [1.29, 1.82) is 0 Å². The number of benzene rings is 3. The highest BCUT2D eigenvalue weighted by molar-refractivity contribution is 6.35. The van der Waals surface area contributed by atoms with E-state index in [1.807, 2.05) is 48.5 Å². The van der Waals surface area contributed by atoms with E-state index in [0.717, 1.165) is 11.1 Å². The van der Waals surface area contributed by atoms with E-state index in [1.54, 1.807) is 31.2 Å². The Balaban J connectivity index is 1.51. The highest BCUT2D eigenvalue weighted by Crippen LogP contribution is 2.27. The van der Waals surface area contributed by atoms with Gasteiger partial charge in [0, 0.05) is 10.6 Å². The van der Waals surface area contributed by atoms with Crippen LogP contribution in [0.2, 0.25) is 10.0 Å². The van der Waals surface area contributed by atoms with Gasteiger partial charge in [0.15, 0.2) is 0 Å². The number of carbonyl (C=O) groups is 2. The third-order valence-electron chi connectivity index (χ3n) is 4.53. The first-order chi connectivity index (χ1) is 15.4. The van der Waals surface area contributed by atoms with Crippen molar-refractivity contribution in [1.82, 2.24) is 10.7 Å². The Bertz CT molecular complexity index is 1120. The first-order valence-corrected chi connectivity index (χ1v) is 10.5. The average Bonchev–Trinajstić information content (AvgIpc) is 2.80. The summed E-state index contributed by atoms with van der Waals surface area (Å²) in [4.78, 5) is 24.0. The standard InChI is InChI=1S/C24H21Cl2N3O3/c1-16(18-7-3-2-4-8-18)28-23(30)24(31)29-27-14-17-11-12-22(21(26)13-17)32-15-19-9-5-6-10-20(19)25/h2-14,16H,15H2,1H3,(H,28,30)(H,29,31)/b27-14-/t16-/m1/s1. The molecular formula is C24H21Cl2N3O3. The van der Waals surface area contributed by atoms with Crippen LogP contribution in [0.15, 0.2) is 77.9 Å². The van der Waals surface area contributed by atoms with Gasteiger partial charge in [-0.2, -0.15) is 5.10 Å². The third-order valence-corrected chi connectivity index (χ3v) is 5.19. The van der Waals surface area contributed by atoms with Crippen molar-refractivity contribution in [3.63, 3.8) is 0 Å². The van der Waals surface area contributed by atoms with Gasteiger partial charge in [-0.1, -0.05) is 71.7 Å². The summed E-state index contributed by atoms with van der Waals surface area (Å²) in [6.45, 7) is 2.07. The molecule has 0 aliphatic carbocycles. The molecule has 0 aromatic heterocycles. The number of hydrogen-bond acceptors (Lipinski definition) is 4. The second-order valence-electron chi connectivity index (χ2n) is 6.87. The predicted octanol–water partition coefficient (Wildman–Crippen LogP) is 4.90. The molecule has 3 aromatic carbocycles. The monoisotopic (exact) mass is 469 g/mol. The predicted molar refractivity (Wildman–Crippen MR) is 126 cm³/mol. The van der Waals surface area contributed by atoms with Crippen LogP contribution in [0.25, 0.3) is 0 Å². The van der Waals surface area contributed by atoms with Crippen molar-refractivity contribution in [3.05, 3.63) is 99.5 Å².